The van der Waals surface area contributed by atoms with Gasteiger partial charge in [-0.05, 0) is 18.1 Å². The first-order valence-corrected chi connectivity index (χ1v) is 5.20. The maximum Gasteiger partial charge on any atom is 0.0794 e. The second-order valence-electron chi connectivity index (χ2n) is 3.51. The van der Waals surface area contributed by atoms with Crippen molar-refractivity contribution in [3.63, 3.8) is 0 Å². The second kappa shape index (κ2) is 4.19. The average molecular weight is 185 g/mol. The van der Waals surface area contributed by atoms with Gasteiger partial charge in [0.2, 0.25) is 0 Å². The zero-order chi connectivity index (χ0) is 9.80. The zero-order valence-corrected chi connectivity index (χ0v) is 8.59. The molecule has 1 aromatic carbocycles. The number of hydrogen-bond acceptors (Lipinski definition) is 1. The molecule has 1 aromatic rings. The molecule has 0 fully saturated rings. The van der Waals surface area contributed by atoms with Crippen LogP contribution < -0.4 is 4.90 Å². The van der Waals surface area contributed by atoms with Gasteiger partial charge in [0, 0.05) is 18.7 Å². The third-order valence-electron chi connectivity index (χ3n) is 2.56. The molecule has 0 N–H and O–H groups in total. The summed E-state index contributed by atoms with van der Waals surface area (Å²) in [6.45, 7) is 4.09. The van der Waals surface area contributed by atoms with E-state index in [1.54, 1.807) is 0 Å². The summed E-state index contributed by atoms with van der Waals surface area (Å²) in [5.41, 5.74) is 2.84. The molecule has 1 aliphatic heterocycles. The molecule has 0 aliphatic carbocycles. The van der Waals surface area contributed by atoms with E-state index in [0.29, 0.717) is 0 Å². The molecule has 0 atom stereocenters. The van der Waals surface area contributed by atoms with Crippen LogP contribution in [0.4, 0.5) is 5.69 Å². The van der Waals surface area contributed by atoms with Gasteiger partial charge in [-0.15, -0.1) is 5.92 Å². The van der Waals surface area contributed by atoms with Crippen LogP contribution >= 0.6 is 0 Å². The van der Waals surface area contributed by atoms with Gasteiger partial charge >= 0.3 is 0 Å². The highest BCUT2D eigenvalue weighted by Gasteiger charge is 2.16. The van der Waals surface area contributed by atoms with Gasteiger partial charge in [-0.1, -0.05) is 31.0 Å². The van der Waals surface area contributed by atoms with Crippen molar-refractivity contribution in [2.24, 2.45) is 0 Å². The van der Waals surface area contributed by atoms with E-state index in [9.17, 15) is 0 Å². The number of anilines is 1. The van der Waals surface area contributed by atoms with E-state index in [-0.39, 0.29) is 0 Å². The standard InChI is InChI=1S/C13H15N/c1-2-3-6-10-14-11-9-12-7-4-5-8-13(12)14/h4-5,7-8H,2,9-11H2,1H3. The van der Waals surface area contributed by atoms with E-state index in [0.717, 1.165) is 19.5 Å². The van der Waals surface area contributed by atoms with Crippen molar-refractivity contribution in [3.05, 3.63) is 29.8 Å². The SMILES string of the molecule is CCC#CCN1CCc2ccccc21. The van der Waals surface area contributed by atoms with Gasteiger partial charge in [-0.3, -0.25) is 0 Å². The minimum absolute atomic E-state index is 0.880. The molecular weight excluding hydrogens is 170 g/mol. The summed E-state index contributed by atoms with van der Waals surface area (Å²) < 4.78 is 0. The fourth-order valence-corrected chi connectivity index (χ4v) is 1.85. The number of fused-ring (bicyclic) bond motifs is 1. The molecule has 0 aromatic heterocycles. The first kappa shape index (κ1) is 9.15. The van der Waals surface area contributed by atoms with Gasteiger partial charge in [0.05, 0.1) is 6.54 Å². The summed E-state index contributed by atoms with van der Waals surface area (Å²) in [5, 5.41) is 0. The van der Waals surface area contributed by atoms with Crippen LogP contribution in [0.15, 0.2) is 24.3 Å². The lowest BCUT2D eigenvalue weighted by Crippen LogP contribution is -2.20. The predicted octanol–water partition coefficient (Wildman–Crippen LogP) is 2.46. The maximum atomic E-state index is 3.19. The molecule has 2 rings (SSSR count). The lowest BCUT2D eigenvalue weighted by molar-refractivity contribution is 0.913. The summed E-state index contributed by atoms with van der Waals surface area (Å²) in [7, 11) is 0. The number of benzene rings is 1. The normalized spacial score (nSPS) is 13.4. The predicted molar refractivity (Wildman–Crippen MR) is 60.4 cm³/mol. The first-order chi connectivity index (χ1) is 6.92. The van der Waals surface area contributed by atoms with Crippen LogP contribution in [0, 0.1) is 11.8 Å². The number of hydrogen-bond donors (Lipinski definition) is 0. The second-order valence-corrected chi connectivity index (χ2v) is 3.51. The van der Waals surface area contributed by atoms with Gasteiger partial charge in [0.15, 0.2) is 0 Å². The Hall–Kier alpha value is -1.42. The monoisotopic (exact) mass is 185 g/mol. The summed E-state index contributed by atoms with van der Waals surface area (Å²) in [5.74, 6) is 6.31. The lowest BCUT2D eigenvalue weighted by Gasteiger charge is -2.15. The quantitative estimate of drug-likeness (QED) is 0.607. The van der Waals surface area contributed by atoms with Crippen molar-refractivity contribution in [1.29, 1.82) is 0 Å². The Morgan fingerprint density at radius 2 is 2.14 bits per heavy atom. The molecule has 1 nitrogen and oxygen atoms in total. The lowest BCUT2D eigenvalue weighted by atomic mass is 10.2. The van der Waals surface area contributed by atoms with Gasteiger partial charge in [-0.2, -0.15) is 0 Å². The van der Waals surface area contributed by atoms with E-state index >= 15 is 0 Å². The Labute approximate surface area is 85.7 Å². The van der Waals surface area contributed by atoms with E-state index < -0.39 is 0 Å². The van der Waals surface area contributed by atoms with Crippen LogP contribution in [0.3, 0.4) is 0 Å². The zero-order valence-electron chi connectivity index (χ0n) is 8.59. The van der Waals surface area contributed by atoms with Gasteiger partial charge in [0.25, 0.3) is 0 Å². The molecule has 14 heavy (non-hydrogen) atoms. The fourth-order valence-electron chi connectivity index (χ4n) is 1.85. The molecular formula is C13H15N. The van der Waals surface area contributed by atoms with Crippen molar-refractivity contribution < 1.29 is 0 Å². The van der Waals surface area contributed by atoms with Crippen LogP contribution in [-0.4, -0.2) is 13.1 Å². The van der Waals surface area contributed by atoms with Gasteiger partial charge in [-0.25, -0.2) is 0 Å². The topological polar surface area (TPSA) is 3.24 Å². The summed E-state index contributed by atoms with van der Waals surface area (Å²) in [6.07, 6.45) is 2.12. The third-order valence-corrected chi connectivity index (χ3v) is 2.56. The average Bonchev–Trinajstić information content (AvgIpc) is 2.63. The highest BCUT2D eigenvalue weighted by molar-refractivity contribution is 5.58. The van der Waals surface area contributed by atoms with Crippen molar-refractivity contribution in [3.8, 4) is 11.8 Å². The van der Waals surface area contributed by atoms with Crippen LogP contribution in [0.5, 0.6) is 0 Å². The number of para-hydroxylation sites is 1. The van der Waals surface area contributed by atoms with E-state index in [1.165, 1.54) is 17.7 Å². The minimum atomic E-state index is 0.880. The Balaban J connectivity index is 2.10. The van der Waals surface area contributed by atoms with Crippen LogP contribution in [0.1, 0.15) is 18.9 Å². The summed E-state index contributed by atoms with van der Waals surface area (Å²) in [4.78, 5) is 2.36. The van der Waals surface area contributed by atoms with Crippen molar-refractivity contribution in [2.45, 2.75) is 19.8 Å². The number of nitrogens with zero attached hydrogens (tertiary/aromatic N) is 1. The molecule has 1 heteroatoms. The van der Waals surface area contributed by atoms with Crippen LogP contribution in [0.25, 0.3) is 0 Å². The molecule has 1 aliphatic rings. The first-order valence-electron chi connectivity index (χ1n) is 5.20. The Morgan fingerprint density at radius 3 is 3.00 bits per heavy atom. The van der Waals surface area contributed by atoms with E-state index in [1.807, 2.05) is 0 Å². The van der Waals surface area contributed by atoms with Crippen molar-refractivity contribution in [2.75, 3.05) is 18.0 Å². The molecule has 0 unspecified atom stereocenters. The van der Waals surface area contributed by atoms with Crippen LogP contribution in [0.2, 0.25) is 0 Å². The molecule has 0 saturated heterocycles. The van der Waals surface area contributed by atoms with Crippen LogP contribution in [-0.2, 0) is 6.42 Å². The van der Waals surface area contributed by atoms with Crippen molar-refractivity contribution in [1.82, 2.24) is 0 Å². The highest BCUT2D eigenvalue weighted by atomic mass is 15.1. The molecule has 0 radical (unpaired) electrons. The number of rotatable bonds is 1. The molecule has 0 spiro atoms. The Kier molecular flexibility index (Phi) is 2.74. The molecule has 0 bridgehead atoms. The smallest absolute Gasteiger partial charge is 0.0794 e. The third kappa shape index (κ3) is 1.75. The highest BCUT2D eigenvalue weighted by Crippen LogP contribution is 2.26. The largest absolute Gasteiger partial charge is 0.360 e. The summed E-state index contributed by atoms with van der Waals surface area (Å²) in [6, 6.07) is 8.61. The summed E-state index contributed by atoms with van der Waals surface area (Å²) >= 11 is 0. The fraction of sp³-hybridized carbons (Fsp3) is 0.385. The van der Waals surface area contributed by atoms with E-state index in [2.05, 4.69) is 47.9 Å². The maximum absolute atomic E-state index is 3.19. The van der Waals surface area contributed by atoms with E-state index in [4.69, 9.17) is 0 Å². The molecule has 0 saturated carbocycles. The minimum Gasteiger partial charge on any atom is -0.360 e. The Morgan fingerprint density at radius 1 is 1.29 bits per heavy atom. The molecule has 1 heterocycles. The van der Waals surface area contributed by atoms with Gasteiger partial charge in [0.1, 0.15) is 0 Å². The Bertz CT molecular complexity index is 370. The molecule has 72 valence electrons. The van der Waals surface area contributed by atoms with Gasteiger partial charge < -0.3 is 4.90 Å². The van der Waals surface area contributed by atoms with Crippen molar-refractivity contribution >= 4 is 5.69 Å². The molecule has 0 amide bonds.